The SMILES string of the molecule is CCN1CCN(C(=O)c2cccc(-c3cnc(N)c(F)c3)c2)C(CC(C)C)C1=O. The molecule has 1 aromatic carbocycles. The Hall–Kier alpha value is -2.96. The van der Waals surface area contributed by atoms with Gasteiger partial charge in [-0.25, -0.2) is 9.37 Å². The molecule has 2 heterocycles. The van der Waals surface area contributed by atoms with Gasteiger partial charge in [0.2, 0.25) is 5.91 Å². The maximum absolute atomic E-state index is 13.8. The van der Waals surface area contributed by atoms with Crippen molar-refractivity contribution in [2.45, 2.75) is 33.2 Å². The predicted molar refractivity (Wildman–Crippen MR) is 111 cm³/mol. The van der Waals surface area contributed by atoms with Crippen LogP contribution in [0.3, 0.4) is 0 Å². The molecule has 1 fully saturated rings. The molecule has 1 saturated heterocycles. The number of rotatable bonds is 5. The van der Waals surface area contributed by atoms with Crippen molar-refractivity contribution in [3.8, 4) is 11.1 Å². The Bertz CT molecular complexity index is 915. The Morgan fingerprint density at radius 2 is 2.03 bits per heavy atom. The fourth-order valence-corrected chi connectivity index (χ4v) is 3.67. The third-order valence-electron chi connectivity index (χ3n) is 5.23. The average molecular weight is 398 g/mol. The number of hydrogen-bond acceptors (Lipinski definition) is 4. The molecule has 0 spiro atoms. The van der Waals surface area contributed by atoms with Crippen molar-refractivity contribution in [3.05, 3.63) is 47.9 Å². The van der Waals surface area contributed by atoms with E-state index < -0.39 is 11.9 Å². The van der Waals surface area contributed by atoms with Crippen molar-refractivity contribution < 1.29 is 14.0 Å². The van der Waals surface area contributed by atoms with Crippen LogP contribution < -0.4 is 5.73 Å². The summed E-state index contributed by atoms with van der Waals surface area (Å²) in [5, 5.41) is 0. The number of carbonyl (C=O) groups is 2. The number of likely N-dealkylation sites (N-methyl/N-ethyl adjacent to an activating group) is 1. The normalized spacial score (nSPS) is 17.1. The quantitative estimate of drug-likeness (QED) is 0.839. The molecule has 7 heteroatoms. The summed E-state index contributed by atoms with van der Waals surface area (Å²) in [6.07, 6.45) is 2.10. The molecule has 1 aromatic heterocycles. The molecule has 2 aromatic rings. The summed E-state index contributed by atoms with van der Waals surface area (Å²) in [5.74, 6) is -0.666. The number of nitrogens with zero attached hydrogens (tertiary/aromatic N) is 3. The number of hydrogen-bond donors (Lipinski definition) is 1. The Balaban J connectivity index is 1.90. The second kappa shape index (κ2) is 8.59. The van der Waals surface area contributed by atoms with Crippen LogP contribution in [-0.4, -0.2) is 52.3 Å². The van der Waals surface area contributed by atoms with Gasteiger partial charge in [0, 0.05) is 37.0 Å². The summed E-state index contributed by atoms with van der Waals surface area (Å²) < 4.78 is 13.8. The number of nitrogens with two attached hydrogens (primary N) is 1. The molecule has 0 bridgehead atoms. The number of nitrogen functional groups attached to an aromatic ring is 1. The Kier molecular flexibility index (Phi) is 6.15. The number of amides is 2. The van der Waals surface area contributed by atoms with E-state index in [0.29, 0.717) is 42.7 Å². The van der Waals surface area contributed by atoms with Gasteiger partial charge in [0.15, 0.2) is 11.6 Å². The highest BCUT2D eigenvalue weighted by molar-refractivity contribution is 5.99. The third kappa shape index (κ3) is 4.39. The lowest BCUT2D eigenvalue weighted by Crippen LogP contribution is -2.58. The average Bonchev–Trinajstić information content (AvgIpc) is 2.71. The van der Waals surface area contributed by atoms with E-state index in [9.17, 15) is 14.0 Å². The van der Waals surface area contributed by atoms with Gasteiger partial charge in [0.1, 0.15) is 6.04 Å². The zero-order chi connectivity index (χ0) is 21.1. The van der Waals surface area contributed by atoms with Crippen LogP contribution in [0, 0.1) is 11.7 Å². The maximum Gasteiger partial charge on any atom is 0.254 e. The van der Waals surface area contributed by atoms with Gasteiger partial charge in [-0.3, -0.25) is 9.59 Å². The zero-order valence-corrected chi connectivity index (χ0v) is 17.1. The van der Waals surface area contributed by atoms with Crippen LogP contribution in [0.4, 0.5) is 10.2 Å². The van der Waals surface area contributed by atoms with Gasteiger partial charge in [-0.2, -0.15) is 0 Å². The molecule has 6 nitrogen and oxygen atoms in total. The summed E-state index contributed by atoms with van der Waals surface area (Å²) in [7, 11) is 0. The van der Waals surface area contributed by atoms with E-state index in [-0.39, 0.29) is 23.6 Å². The van der Waals surface area contributed by atoms with E-state index >= 15 is 0 Å². The first kappa shape index (κ1) is 20.8. The zero-order valence-electron chi connectivity index (χ0n) is 17.1. The van der Waals surface area contributed by atoms with Gasteiger partial charge < -0.3 is 15.5 Å². The van der Waals surface area contributed by atoms with Gasteiger partial charge in [-0.05, 0) is 43.0 Å². The number of piperazine rings is 1. The number of halogens is 1. The molecular formula is C22H27FN4O2. The predicted octanol–water partition coefficient (Wildman–Crippen LogP) is 3.19. The topological polar surface area (TPSA) is 79.5 Å². The molecule has 3 rings (SSSR count). The Morgan fingerprint density at radius 1 is 1.28 bits per heavy atom. The van der Waals surface area contributed by atoms with Crippen LogP contribution in [-0.2, 0) is 4.79 Å². The van der Waals surface area contributed by atoms with Crippen molar-refractivity contribution in [1.29, 1.82) is 0 Å². The molecule has 1 aliphatic rings. The van der Waals surface area contributed by atoms with Crippen LogP contribution in [0.2, 0.25) is 0 Å². The highest BCUT2D eigenvalue weighted by Gasteiger charge is 2.37. The van der Waals surface area contributed by atoms with Gasteiger partial charge in [0.25, 0.3) is 5.91 Å². The first-order valence-corrected chi connectivity index (χ1v) is 9.93. The summed E-state index contributed by atoms with van der Waals surface area (Å²) in [4.78, 5) is 33.5. The fraction of sp³-hybridized carbons (Fsp3) is 0.409. The Morgan fingerprint density at radius 3 is 2.69 bits per heavy atom. The van der Waals surface area contributed by atoms with Gasteiger partial charge in [-0.1, -0.05) is 26.0 Å². The van der Waals surface area contributed by atoms with Crippen LogP contribution >= 0.6 is 0 Å². The van der Waals surface area contributed by atoms with Crippen LogP contribution in [0.25, 0.3) is 11.1 Å². The number of benzene rings is 1. The standard InChI is InChI=1S/C22H27FN4O2/c1-4-26-8-9-27(19(22(26)29)10-14(2)3)21(28)16-7-5-6-15(11-16)17-12-18(23)20(24)25-13-17/h5-7,11-14,19H,4,8-10H2,1-3H3,(H2,24,25). The lowest BCUT2D eigenvalue weighted by Gasteiger charge is -2.41. The largest absolute Gasteiger partial charge is 0.381 e. The van der Waals surface area contributed by atoms with E-state index in [2.05, 4.69) is 4.98 Å². The van der Waals surface area contributed by atoms with Gasteiger partial charge in [-0.15, -0.1) is 0 Å². The van der Waals surface area contributed by atoms with Crippen molar-refractivity contribution in [1.82, 2.24) is 14.8 Å². The molecule has 0 aliphatic carbocycles. The highest BCUT2D eigenvalue weighted by atomic mass is 19.1. The molecule has 1 unspecified atom stereocenters. The minimum atomic E-state index is -0.600. The van der Waals surface area contributed by atoms with E-state index in [1.54, 1.807) is 34.1 Å². The smallest absolute Gasteiger partial charge is 0.254 e. The van der Waals surface area contributed by atoms with E-state index in [0.717, 1.165) is 0 Å². The Labute approximate surface area is 170 Å². The first-order valence-electron chi connectivity index (χ1n) is 9.93. The minimum absolute atomic E-state index is 0.00163. The number of aromatic nitrogens is 1. The molecule has 1 atom stereocenters. The van der Waals surface area contributed by atoms with E-state index in [4.69, 9.17) is 5.73 Å². The van der Waals surface area contributed by atoms with Crippen LogP contribution in [0.5, 0.6) is 0 Å². The lowest BCUT2D eigenvalue weighted by molar-refractivity contribution is -0.140. The maximum atomic E-state index is 13.8. The van der Waals surface area contributed by atoms with Crippen molar-refractivity contribution in [3.63, 3.8) is 0 Å². The summed E-state index contributed by atoms with van der Waals surface area (Å²) >= 11 is 0. The molecule has 1 aliphatic heterocycles. The van der Waals surface area contributed by atoms with Crippen LogP contribution in [0.15, 0.2) is 36.5 Å². The fourth-order valence-electron chi connectivity index (χ4n) is 3.67. The highest BCUT2D eigenvalue weighted by Crippen LogP contribution is 2.25. The monoisotopic (exact) mass is 398 g/mol. The van der Waals surface area contributed by atoms with E-state index in [1.165, 1.54) is 12.3 Å². The molecule has 154 valence electrons. The summed E-state index contributed by atoms with van der Waals surface area (Å²) in [5.41, 5.74) is 7.12. The van der Waals surface area contributed by atoms with Crippen molar-refractivity contribution in [2.75, 3.05) is 25.4 Å². The van der Waals surface area contributed by atoms with Crippen LogP contribution in [0.1, 0.15) is 37.6 Å². The first-order chi connectivity index (χ1) is 13.8. The minimum Gasteiger partial charge on any atom is -0.381 e. The lowest BCUT2D eigenvalue weighted by atomic mass is 9.97. The molecule has 0 saturated carbocycles. The molecule has 2 amide bonds. The number of carbonyl (C=O) groups excluding carboxylic acids is 2. The second-order valence-electron chi connectivity index (χ2n) is 7.73. The van der Waals surface area contributed by atoms with Crippen molar-refractivity contribution >= 4 is 17.6 Å². The van der Waals surface area contributed by atoms with Gasteiger partial charge >= 0.3 is 0 Å². The number of pyridine rings is 1. The van der Waals surface area contributed by atoms with E-state index in [1.807, 2.05) is 20.8 Å². The third-order valence-corrected chi connectivity index (χ3v) is 5.23. The molecular weight excluding hydrogens is 371 g/mol. The van der Waals surface area contributed by atoms with Gasteiger partial charge in [0.05, 0.1) is 0 Å². The second-order valence-corrected chi connectivity index (χ2v) is 7.73. The number of anilines is 1. The van der Waals surface area contributed by atoms with Crippen molar-refractivity contribution in [2.24, 2.45) is 5.92 Å². The molecule has 0 radical (unpaired) electrons. The summed E-state index contributed by atoms with van der Waals surface area (Å²) in [6.45, 7) is 7.71. The summed E-state index contributed by atoms with van der Waals surface area (Å²) in [6, 6.07) is 7.80. The molecule has 29 heavy (non-hydrogen) atoms. The molecule has 2 N–H and O–H groups in total.